The Morgan fingerprint density at radius 1 is 1.41 bits per heavy atom. The van der Waals surface area contributed by atoms with E-state index in [4.69, 9.17) is 0 Å². The highest BCUT2D eigenvalue weighted by Crippen LogP contribution is 2.23. The average molecular weight is 232 g/mol. The number of anilines is 1. The van der Waals surface area contributed by atoms with Gasteiger partial charge in [0.1, 0.15) is 0 Å². The SMILES string of the molecule is C=CCn1ccnc1N1CCC2CCC(C1)N2. The number of rotatable bonds is 3. The molecule has 4 heteroatoms. The van der Waals surface area contributed by atoms with Gasteiger partial charge in [0.2, 0.25) is 5.95 Å². The molecule has 0 amide bonds. The molecular formula is C13H20N4. The van der Waals surface area contributed by atoms with Gasteiger partial charge in [0.25, 0.3) is 0 Å². The fraction of sp³-hybridized carbons (Fsp3) is 0.615. The van der Waals surface area contributed by atoms with Gasteiger partial charge in [-0.25, -0.2) is 4.98 Å². The minimum atomic E-state index is 0.649. The van der Waals surface area contributed by atoms with E-state index in [0.29, 0.717) is 6.04 Å². The van der Waals surface area contributed by atoms with Crippen LogP contribution in [0.2, 0.25) is 0 Å². The number of nitrogens with zero attached hydrogens (tertiary/aromatic N) is 3. The predicted molar refractivity (Wildman–Crippen MR) is 69.2 cm³/mol. The van der Waals surface area contributed by atoms with Crippen molar-refractivity contribution in [3.63, 3.8) is 0 Å². The van der Waals surface area contributed by atoms with Crippen molar-refractivity contribution in [1.29, 1.82) is 0 Å². The zero-order chi connectivity index (χ0) is 11.7. The number of allylic oxidation sites excluding steroid dienone is 1. The molecule has 17 heavy (non-hydrogen) atoms. The summed E-state index contributed by atoms with van der Waals surface area (Å²) in [5, 5.41) is 3.70. The van der Waals surface area contributed by atoms with Crippen molar-refractivity contribution in [3.05, 3.63) is 25.0 Å². The predicted octanol–water partition coefficient (Wildman–Crippen LogP) is 1.40. The number of fused-ring (bicyclic) bond motifs is 2. The quantitative estimate of drug-likeness (QED) is 0.800. The number of imidazole rings is 1. The summed E-state index contributed by atoms with van der Waals surface area (Å²) in [6, 6.07) is 1.38. The van der Waals surface area contributed by atoms with Crippen LogP contribution in [0.5, 0.6) is 0 Å². The molecule has 1 aromatic heterocycles. The maximum atomic E-state index is 4.50. The summed E-state index contributed by atoms with van der Waals surface area (Å²) in [5.74, 6) is 1.10. The third kappa shape index (κ3) is 2.09. The summed E-state index contributed by atoms with van der Waals surface area (Å²) in [5.41, 5.74) is 0. The van der Waals surface area contributed by atoms with Gasteiger partial charge in [0, 0.05) is 44.1 Å². The molecule has 2 aliphatic heterocycles. The normalized spacial score (nSPS) is 28.1. The van der Waals surface area contributed by atoms with Crippen molar-refractivity contribution >= 4 is 5.95 Å². The second-order valence-electron chi connectivity index (χ2n) is 5.04. The summed E-state index contributed by atoms with van der Waals surface area (Å²) in [6.45, 7) is 6.84. The van der Waals surface area contributed by atoms with E-state index in [1.807, 2.05) is 18.5 Å². The van der Waals surface area contributed by atoms with Crippen molar-refractivity contribution < 1.29 is 0 Å². The first-order valence-corrected chi connectivity index (χ1v) is 6.50. The van der Waals surface area contributed by atoms with Crippen molar-refractivity contribution in [2.45, 2.75) is 37.9 Å². The van der Waals surface area contributed by atoms with Crippen LogP contribution in [-0.4, -0.2) is 34.7 Å². The van der Waals surface area contributed by atoms with E-state index in [1.54, 1.807) is 0 Å². The summed E-state index contributed by atoms with van der Waals surface area (Å²) in [7, 11) is 0. The summed E-state index contributed by atoms with van der Waals surface area (Å²) in [6.07, 6.45) is 9.73. The van der Waals surface area contributed by atoms with Crippen LogP contribution in [0.3, 0.4) is 0 Å². The second-order valence-corrected chi connectivity index (χ2v) is 5.04. The van der Waals surface area contributed by atoms with E-state index in [-0.39, 0.29) is 0 Å². The molecular weight excluding hydrogens is 212 g/mol. The molecule has 4 nitrogen and oxygen atoms in total. The third-order valence-electron chi connectivity index (χ3n) is 3.83. The van der Waals surface area contributed by atoms with E-state index in [1.165, 1.54) is 19.3 Å². The lowest BCUT2D eigenvalue weighted by molar-refractivity contribution is 0.563. The Bertz CT molecular complexity index is 398. The van der Waals surface area contributed by atoms with Crippen molar-refractivity contribution in [1.82, 2.24) is 14.9 Å². The summed E-state index contributed by atoms with van der Waals surface area (Å²) in [4.78, 5) is 6.91. The maximum absolute atomic E-state index is 4.50. The Labute approximate surface area is 102 Å². The van der Waals surface area contributed by atoms with Crippen LogP contribution in [-0.2, 0) is 6.54 Å². The van der Waals surface area contributed by atoms with Gasteiger partial charge in [-0.15, -0.1) is 6.58 Å². The van der Waals surface area contributed by atoms with Gasteiger partial charge in [0.05, 0.1) is 0 Å². The molecule has 2 unspecified atom stereocenters. The number of hydrogen-bond donors (Lipinski definition) is 1. The molecule has 2 aliphatic rings. The van der Waals surface area contributed by atoms with Crippen LogP contribution in [0, 0.1) is 0 Å². The van der Waals surface area contributed by atoms with Crippen molar-refractivity contribution in [2.75, 3.05) is 18.0 Å². The van der Waals surface area contributed by atoms with Gasteiger partial charge in [-0.05, 0) is 19.3 Å². The molecule has 0 aliphatic carbocycles. The van der Waals surface area contributed by atoms with Gasteiger partial charge in [-0.3, -0.25) is 0 Å². The molecule has 92 valence electrons. The van der Waals surface area contributed by atoms with Gasteiger partial charge in [0.15, 0.2) is 0 Å². The molecule has 1 aromatic rings. The standard InChI is InChI=1S/C13H20N4/c1-2-7-16-9-6-14-13(16)17-8-5-11-3-4-12(10-17)15-11/h2,6,9,11-12,15H,1,3-5,7-8,10H2. The zero-order valence-corrected chi connectivity index (χ0v) is 10.2. The monoisotopic (exact) mass is 232 g/mol. The number of nitrogens with one attached hydrogen (secondary N) is 1. The Hall–Kier alpha value is -1.29. The van der Waals surface area contributed by atoms with Crippen LogP contribution >= 0.6 is 0 Å². The number of aromatic nitrogens is 2. The molecule has 1 N–H and O–H groups in total. The van der Waals surface area contributed by atoms with Gasteiger partial charge in [-0.1, -0.05) is 6.08 Å². The molecule has 0 saturated carbocycles. The van der Waals surface area contributed by atoms with Crippen LogP contribution in [0.15, 0.2) is 25.0 Å². The lowest BCUT2D eigenvalue weighted by atomic mass is 10.1. The molecule has 0 spiro atoms. The minimum Gasteiger partial charge on any atom is -0.341 e. The van der Waals surface area contributed by atoms with Crippen LogP contribution in [0.25, 0.3) is 0 Å². The highest BCUT2D eigenvalue weighted by molar-refractivity contribution is 5.33. The molecule has 2 bridgehead atoms. The average Bonchev–Trinajstić information content (AvgIpc) is 2.87. The largest absolute Gasteiger partial charge is 0.341 e. The fourth-order valence-corrected chi connectivity index (χ4v) is 2.99. The minimum absolute atomic E-state index is 0.649. The Kier molecular flexibility index (Phi) is 2.89. The Balaban J connectivity index is 1.78. The molecule has 2 fully saturated rings. The molecule has 3 rings (SSSR count). The highest BCUT2D eigenvalue weighted by atomic mass is 15.3. The van der Waals surface area contributed by atoms with Crippen molar-refractivity contribution in [2.24, 2.45) is 0 Å². The highest BCUT2D eigenvalue weighted by Gasteiger charge is 2.30. The van der Waals surface area contributed by atoms with E-state index >= 15 is 0 Å². The van der Waals surface area contributed by atoms with E-state index in [0.717, 1.165) is 31.6 Å². The molecule has 0 aromatic carbocycles. The smallest absolute Gasteiger partial charge is 0.205 e. The Morgan fingerprint density at radius 2 is 2.29 bits per heavy atom. The maximum Gasteiger partial charge on any atom is 0.205 e. The number of hydrogen-bond acceptors (Lipinski definition) is 3. The van der Waals surface area contributed by atoms with Gasteiger partial charge < -0.3 is 14.8 Å². The summed E-state index contributed by atoms with van der Waals surface area (Å²) < 4.78 is 2.17. The van der Waals surface area contributed by atoms with E-state index in [2.05, 4.69) is 26.3 Å². The van der Waals surface area contributed by atoms with E-state index < -0.39 is 0 Å². The molecule has 2 saturated heterocycles. The first kappa shape index (κ1) is 10.8. The summed E-state index contributed by atoms with van der Waals surface area (Å²) >= 11 is 0. The lowest BCUT2D eigenvalue weighted by Crippen LogP contribution is -2.36. The zero-order valence-electron chi connectivity index (χ0n) is 10.2. The van der Waals surface area contributed by atoms with Crippen LogP contribution < -0.4 is 10.2 Å². The Morgan fingerprint density at radius 3 is 3.18 bits per heavy atom. The van der Waals surface area contributed by atoms with E-state index in [9.17, 15) is 0 Å². The molecule has 2 atom stereocenters. The van der Waals surface area contributed by atoms with Crippen molar-refractivity contribution in [3.8, 4) is 0 Å². The first-order valence-electron chi connectivity index (χ1n) is 6.50. The molecule has 0 radical (unpaired) electrons. The van der Waals surface area contributed by atoms with Gasteiger partial charge in [-0.2, -0.15) is 0 Å². The third-order valence-corrected chi connectivity index (χ3v) is 3.83. The lowest BCUT2D eigenvalue weighted by Gasteiger charge is -2.25. The van der Waals surface area contributed by atoms with Crippen LogP contribution in [0.4, 0.5) is 5.95 Å². The first-order chi connectivity index (χ1) is 8.36. The topological polar surface area (TPSA) is 33.1 Å². The second kappa shape index (κ2) is 4.53. The fourth-order valence-electron chi connectivity index (χ4n) is 2.99. The van der Waals surface area contributed by atoms with Gasteiger partial charge >= 0.3 is 0 Å². The molecule has 3 heterocycles. The van der Waals surface area contributed by atoms with Crippen LogP contribution in [0.1, 0.15) is 19.3 Å².